The van der Waals surface area contributed by atoms with E-state index < -0.39 is 22.8 Å². The highest BCUT2D eigenvalue weighted by Gasteiger charge is 2.50. The highest BCUT2D eigenvalue weighted by Crippen LogP contribution is 2.42. The molecule has 2 aromatic rings. The molecule has 1 atom stereocenters. The first kappa shape index (κ1) is 24.0. The summed E-state index contributed by atoms with van der Waals surface area (Å²) in [7, 11) is 0. The minimum atomic E-state index is -0.991. The van der Waals surface area contributed by atoms with Crippen LogP contribution in [0.25, 0.3) is 0 Å². The molecule has 0 spiro atoms. The number of hydroxylamine groups is 2. The van der Waals surface area contributed by atoms with Crippen LogP contribution in [0.2, 0.25) is 15.1 Å². The van der Waals surface area contributed by atoms with Crippen molar-refractivity contribution in [2.24, 2.45) is 5.10 Å². The first-order chi connectivity index (χ1) is 14.5. The van der Waals surface area contributed by atoms with Gasteiger partial charge in [0.2, 0.25) is 0 Å². The van der Waals surface area contributed by atoms with Crippen LogP contribution in [0.1, 0.15) is 19.4 Å². The van der Waals surface area contributed by atoms with Crippen LogP contribution in [0.5, 0.6) is 0 Å². The number of benzene rings is 2. The minimum Gasteiger partial charge on any atom is -0.306 e. The predicted octanol–water partition coefficient (Wildman–Crippen LogP) is 6.48. The second-order valence-electron chi connectivity index (χ2n) is 6.97. The van der Waals surface area contributed by atoms with E-state index in [1.807, 2.05) is 0 Å². The van der Waals surface area contributed by atoms with E-state index in [-0.39, 0.29) is 15.6 Å². The number of hydrogen-bond acceptors (Lipinski definition) is 5. The molecule has 1 saturated heterocycles. The topological polar surface area (TPSA) is 68.2 Å². The molecule has 1 fully saturated rings. The third-order valence-corrected chi connectivity index (χ3v) is 6.92. The molecule has 0 saturated carbocycles. The van der Waals surface area contributed by atoms with Crippen LogP contribution >= 0.6 is 58.8 Å². The molecule has 0 unspecified atom stereocenters. The van der Waals surface area contributed by atoms with Crippen molar-refractivity contribution in [3.63, 3.8) is 0 Å². The maximum atomic E-state index is 14.1. The number of carbonyl (C=O) groups excluding carboxylic acids is 1. The summed E-state index contributed by atoms with van der Waals surface area (Å²) < 4.78 is 13.6. The second kappa shape index (κ2) is 9.48. The predicted molar refractivity (Wildman–Crippen MR) is 128 cm³/mol. The third-order valence-electron chi connectivity index (χ3n) is 4.31. The number of thioether (sulfide) groups is 1. The largest absolute Gasteiger partial charge is 0.347 e. The summed E-state index contributed by atoms with van der Waals surface area (Å²) in [5.74, 6) is -0.567. The highest BCUT2D eigenvalue weighted by atomic mass is 35.5. The zero-order valence-electron chi connectivity index (χ0n) is 16.1. The second-order valence-corrected chi connectivity index (χ2v) is 10.5. The van der Waals surface area contributed by atoms with Crippen molar-refractivity contribution in [3.05, 3.63) is 62.8 Å². The monoisotopic (exact) mass is 520 g/mol. The Morgan fingerprint density at radius 1 is 1.29 bits per heavy atom. The Morgan fingerprint density at radius 3 is 2.65 bits per heavy atom. The van der Waals surface area contributed by atoms with Gasteiger partial charge in [-0.3, -0.25) is 5.21 Å². The summed E-state index contributed by atoms with van der Waals surface area (Å²) in [6.45, 7) is 3.58. The summed E-state index contributed by atoms with van der Waals surface area (Å²) in [4.78, 5) is 12.7. The number of nitrogens with one attached hydrogen (secondary N) is 1. The van der Waals surface area contributed by atoms with E-state index in [0.717, 1.165) is 0 Å². The van der Waals surface area contributed by atoms with Crippen molar-refractivity contribution in [3.8, 4) is 0 Å². The van der Waals surface area contributed by atoms with E-state index in [2.05, 4.69) is 10.4 Å². The Balaban J connectivity index is 1.86. The Bertz CT molecular complexity index is 1050. The van der Waals surface area contributed by atoms with Gasteiger partial charge in [-0.25, -0.2) is 14.2 Å². The molecule has 1 aliphatic rings. The number of rotatable bonds is 4. The molecule has 2 N–H and O–H groups in total. The van der Waals surface area contributed by atoms with Crippen molar-refractivity contribution in [2.45, 2.75) is 24.8 Å². The zero-order valence-corrected chi connectivity index (χ0v) is 20.0. The number of hydrogen-bond donors (Lipinski definition) is 2. The van der Waals surface area contributed by atoms with Crippen LogP contribution in [0, 0.1) is 5.82 Å². The molecular formula is C19H16Cl3FN4O2S2. The van der Waals surface area contributed by atoms with Gasteiger partial charge in [0.05, 0.1) is 26.0 Å². The third kappa shape index (κ3) is 5.24. The number of halogens is 4. The standard InChI is InChI=1S/C19H16Cl3FN4O2S2/c1-19(2)16(27(29)17(28)25-10-6-7-13(21)14(22)8-10)26(18(30)31-19)24-9-11-12(20)4-3-5-15(11)23/h3-9,16,29H,1-2H3,(H,25,28)/b24-9-/t16-/m0/s1. The Hall–Kier alpha value is -1.62. The van der Waals surface area contributed by atoms with E-state index in [4.69, 9.17) is 47.0 Å². The molecule has 0 bridgehead atoms. The molecule has 0 aliphatic carbocycles. The van der Waals surface area contributed by atoms with Gasteiger partial charge in [-0.2, -0.15) is 10.2 Å². The first-order valence-electron chi connectivity index (χ1n) is 8.75. The van der Waals surface area contributed by atoms with E-state index in [0.29, 0.717) is 20.1 Å². The molecular weight excluding hydrogens is 506 g/mol. The van der Waals surface area contributed by atoms with Gasteiger partial charge in [-0.1, -0.05) is 64.8 Å². The smallest absolute Gasteiger partial charge is 0.306 e. The Kier molecular flexibility index (Phi) is 7.35. The average Bonchev–Trinajstić information content (AvgIpc) is 2.91. The number of thiocarbonyl (C=S) groups is 1. The normalized spacial score (nSPS) is 18.0. The number of hydrazone groups is 1. The lowest BCUT2D eigenvalue weighted by molar-refractivity contribution is -0.114. The number of nitrogens with zero attached hydrogens (tertiary/aromatic N) is 3. The van der Waals surface area contributed by atoms with Crippen LogP contribution in [0.3, 0.4) is 0 Å². The maximum absolute atomic E-state index is 14.1. The SMILES string of the molecule is CC1(C)SC(=S)N(/N=C\c2c(F)cccc2Cl)[C@H]1N(O)C(=O)Nc1ccc(Cl)c(Cl)c1. The Morgan fingerprint density at radius 2 is 2.00 bits per heavy atom. The van der Waals surface area contributed by atoms with Gasteiger partial charge >= 0.3 is 6.03 Å². The van der Waals surface area contributed by atoms with Crippen molar-refractivity contribution in [1.29, 1.82) is 0 Å². The van der Waals surface area contributed by atoms with Gasteiger partial charge in [0, 0.05) is 11.3 Å². The fraction of sp³-hybridized carbons (Fsp3) is 0.211. The number of urea groups is 1. The highest BCUT2D eigenvalue weighted by molar-refractivity contribution is 8.24. The van der Waals surface area contributed by atoms with E-state index in [1.54, 1.807) is 13.8 Å². The van der Waals surface area contributed by atoms with Crippen LogP contribution in [0.15, 0.2) is 41.5 Å². The van der Waals surface area contributed by atoms with E-state index >= 15 is 0 Å². The molecule has 3 rings (SSSR count). The van der Waals surface area contributed by atoms with Gasteiger partial charge in [0.25, 0.3) is 0 Å². The lowest BCUT2D eigenvalue weighted by atomic mass is 10.1. The van der Waals surface area contributed by atoms with Crippen LogP contribution in [0.4, 0.5) is 14.9 Å². The molecule has 1 aliphatic heterocycles. The summed E-state index contributed by atoms with van der Waals surface area (Å²) in [5, 5.41) is 19.9. The summed E-state index contributed by atoms with van der Waals surface area (Å²) in [6, 6.07) is 7.90. The van der Waals surface area contributed by atoms with Gasteiger partial charge in [-0.15, -0.1) is 0 Å². The molecule has 12 heteroatoms. The number of carbonyl (C=O) groups is 1. The quantitative estimate of drug-likeness (QED) is 0.209. The van der Waals surface area contributed by atoms with Crippen molar-refractivity contribution < 1.29 is 14.4 Å². The molecule has 0 radical (unpaired) electrons. The Labute approximate surface area is 202 Å². The lowest BCUT2D eigenvalue weighted by Crippen LogP contribution is -2.54. The lowest BCUT2D eigenvalue weighted by Gasteiger charge is -2.34. The van der Waals surface area contributed by atoms with Gasteiger partial charge < -0.3 is 5.32 Å². The van der Waals surface area contributed by atoms with Crippen LogP contribution in [-0.2, 0) is 0 Å². The average molecular weight is 522 g/mol. The summed E-state index contributed by atoms with van der Waals surface area (Å²) in [5.41, 5.74) is 0.392. The van der Waals surface area contributed by atoms with Gasteiger partial charge in [0.15, 0.2) is 10.5 Å². The minimum absolute atomic E-state index is 0.0603. The fourth-order valence-corrected chi connectivity index (χ4v) is 5.14. The molecule has 31 heavy (non-hydrogen) atoms. The molecule has 1 heterocycles. The molecule has 2 aromatic carbocycles. The van der Waals surface area contributed by atoms with Gasteiger partial charge in [0.1, 0.15) is 5.82 Å². The summed E-state index contributed by atoms with van der Waals surface area (Å²) >= 11 is 24.5. The fourth-order valence-electron chi connectivity index (χ4n) is 2.85. The summed E-state index contributed by atoms with van der Waals surface area (Å²) in [6.07, 6.45) is 0.207. The van der Waals surface area contributed by atoms with Crippen molar-refractivity contribution in [2.75, 3.05) is 5.32 Å². The van der Waals surface area contributed by atoms with Crippen LogP contribution < -0.4 is 5.32 Å². The maximum Gasteiger partial charge on any atom is 0.347 e. The van der Waals surface area contributed by atoms with Crippen LogP contribution in [-0.4, -0.2) is 42.8 Å². The van der Waals surface area contributed by atoms with E-state index in [9.17, 15) is 14.4 Å². The first-order valence-corrected chi connectivity index (χ1v) is 11.1. The number of anilines is 1. The molecule has 6 nitrogen and oxygen atoms in total. The van der Waals surface area contributed by atoms with Crippen molar-refractivity contribution in [1.82, 2.24) is 10.1 Å². The van der Waals surface area contributed by atoms with Crippen molar-refractivity contribution >= 4 is 81.0 Å². The van der Waals surface area contributed by atoms with Gasteiger partial charge in [-0.05, 0) is 44.2 Å². The van der Waals surface area contributed by atoms with E-state index in [1.165, 1.54) is 59.4 Å². The molecule has 0 aromatic heterocycles. The molecule has 164 valence electrons. The number of amides is 2. The molecule has 2 amide bonds. The zero-order chi connectivity index (χ0) is 22.9.